The van der Waals surface area contributed by atoms with E-state index < -0.39 is 0 Å². The van der Waals surface area contributed by atoms with E-state index in [-0.39, 0.29) is 23.3 Å². The molecule has 0 bridgehead atoms. The zero-order valence-corrected chi connectivity index (χ0v) is 18.9. The van der Waals surface area contributed by atoms with Crippen molar-refractivity contribution < 1.29 is 9.59 Å². The molecule has 0 spiro atoms. The Bertz CT molecular complexity index is 928. The zero-order chi connectivity index (χ0) is 21.8. The van der Waals surface area contributed by atoms with E-state index in [2.05, 4.69) is 24.1 Å². The SMILES string of the molecule is CC(C)(CNC(=O)C1CCCN(C(=O)c2cccc3ccccc23)C1)N1CCCCC1. The van der Waals surface area contributed by atoms with Crippen LogP contribution in [0.2, 0.25) is 0 Å². The summed E-state index contributed by atoms with van der Waals surface area (Å²) in [5, 5.41) is 5.25. The van der Waals surface area contributed by atoms with Gasteiger partial charge in [-0.3, -0.25) is 14.5 Å². The van der Waals surface area contributed by atoms with Crippen LogP contribution in [-0.2, 0) is 4.79 Å². The van der Waals surface area contributed by atoms with Gasteiger partial charge in [-0.2, -0.15) is 0 Å². The molecule has 0 saturated carbocycles. The minimum atomic E-state index is -0.134. The van der Waals surface area contributed by atoms with Crippen LogP contribution < -0.4 is 5.32 Å². The molecule has 2 heterocycles. The highest BCUT2D eigenvalue weighted by Gasteiger charge is 2.32. The Morgan fingerprint density at radius 1 is 0.968 bits per heavy atom. The van der Waals surface area contributed by atoms with Gasteiger partial charge in [-0.05, 0) is 69.5 Å². The molecule has 4 rings (SSSR count). The van der Waals surface area contributed by atoms with Crippen LogP contribution in [0.3, 0.4) is 0 Å². The zero-order valence-electron chi connectivity index (χ0n) is 18.9. The van der Waals surface area contributed by atoms with Gasteiger partial charge in [0, 0.05) is 30.7 Å². The van der Waals surface area contributed by atoms with Gasteiger partial charge in [0.2, 0.25) is 5.91 Å². The largest absolute Gasteiger partial charge is 0.354 e. The van der Waals surface area contributed by atoms with Crippen molar-refractivity contribution in [2.75, 3.05) is 32.7 Å². The van der Waals surface area contributed by atoms with Gasteiger partial charge < -0.3 is 10.2 Å². The summed E-state index contributed by atoms with van der Waals surface area (Å²) in [6.07, 6.45) is 5.50. The molecule has 2 amide bonds. The number of likely N-dealkylation sites (tertiary alicyclic amines) is 2. The van der Waals surface area contributed by atoms with Gasteiger partial charge in [-0.15, -0.1) is 0 Å². The third-order valence-corrected chi connectivity index (χ3v) is 7.01. The summed E-state index contributed by atoms with van der Waals surface area (Å²) in [5.41, 5.74) is 0.689. The highest BCUT2D eigenvalue weighted by Crippen LogP contribution is 2.24. The minimum Gasteiger partial charge on any atom is -0.354 e. The smallest absolute Gasteiger partial charge is 0.254 e. The van der Waals surface area contributed by atoms with Crippen LogP contribution in [0.5, 0.6) is 0 Å². The van der Waals surface area contributed by atoms with Crippen LogP contribution in [0.4, 0.5) is 0 Å². The first-order valence-electron chi connectivity index (χ1n) is 11.8. The Morgan fingerprint density at radius 3 is 2.52 bits per heavy atom. The molecule has 31 heavy (non-hydrogen) atoms. The predicted octanol–water partition coefficient (Wildman–Crippen LogP) is 4.07. The molecule has 166 valence electrons. The number of hydrogen-bond acceptors (Lipinski definition) is 3. The van der Waals surface area contributed by atoms with Crippen molar-refractivity contribution in [3.05, 3.63) is 48.0 Å². The monoisotopic (exact) mass is 421 g/mol. The Morgan fingerprint density at radius 2 is 1.71 bits per heavy atom. The second kappa shape index (κ2) is 9.39. The highest BCUT2D eigenvalue weighted by atomic mass is 16.2. The molecule has 1 atom stereocenters. The minimum absolute atomic E-state index is 0.0305. The number of carbonyl (C=O) groups is 2. The van der Waals surface area contributed by atoms with E-state index >= 15 is 0 Å². The van der Waals surface area contributed by atoms with Crippen molar-refractivity contribution in [1.29, 1.82) is 0 Å². The molecule has 0 aromatic heterocycles. The third kappa shape index (κ3) is 4.93. The first-order chi connectivity index (χ1) is 15.0. The Kier molecular flexibility index (Phi) is 6.61. The topological polar surface area (TPSA) is 52.7 Å². The van der Waals surface area contributed by atoms with Crippen LogP contribution in [0.1, 0.15) is 56.3 Å². The maximum atomic E-state index is 13.3. The van der Waals surface area contributed by atoms with Crippen molar-refractivity contribution in [2.45, 2.75) is 51.5 Å². The number of benzene rings is 2. The van der Waals surface area contributed by atoms with Crippen molar-refractivity contribution >= 4 is 22.6 Å². The van der Waals surface area contributed by atoms with Crippen LogP contribution in [0, 0.1) is 5.92 Å². The molecule has 5 nitrogen and oxygen atoms in total. The predicted molar refractivity (Wildman–Crippen MR) is 125 cm³/mol. The molecule has 2 fully saturated rings. The lowest BCUT2D eigenvalue weighted by atomic mass is 9.94. The standard InChI is InChI=1S/C26H35N3O2/c1-26(2,29-16-6-3-7-17-29)19-27-24(30)21-12-9-15-28(18-21)25(31)23-14-8-11-20-10-4-5-13-22(20)23/h4-5,8,10-11,13-14,21H,3,6-7,9,12,15-19H2,1-2H3,(H,27,30). The number of carbonyl (C=O) groups excluding carboxylic acids is 2. The fourth-order valence-electron chi connectivity index (χ4n) is 5.02. The van der Waals surface area contributed by atoms with E-state index in [4.69, 9.17) is 0 Å². The Labute approximate surface area is 185 Å². The van der Waals surface area contributed by atoms with Gasteiger partial charge >= 0.3 is 0 Å². The average molecular weight is 422 g/mol. The summed E-state index contributed by atoms with van der Waals surface area (Å²) >= 11 is 0. The first kappa shape index (κ1) is 21.8. The van der Waals surface area contributed by atoms with Crippen molar-refractivity contribution in [3.63, 3.8) is 0 Å². The Balaban J connectivity index is 1.38. The van der Waals surface area contributed by atoms with E-state index in [0.29, 0.717) is 19.6 Å². The number of amides is 2. The summed E-state index contributed by atoms with van der Waals surface area (Å²) in [6.45, 7) is 8.52. The average Bonchev–Trinajstić information content (AvgIpc) is 2.82. The summed E-state index contributed by atoms with van der Waals surface area (Å²) in [4.78, 5) is 30.6. The van der Waals surface area contributed by atoms with Gasteiger partial charge in [0.05, 0.1) is 5.92 Å². The van der Waals surface area contributed by atoms with Gasteiger partial charge in [0.25, 0.3) is 5.91 Å². The van der Waals surface area contributed by atoms with Gasteiger partial charge in [-0.1, -0.05) is 42.8 Å². The molecule has 0 aliphatic carbocycles. The third-order valence-electron chi connectivity index (χ3n) is 7.01. The number of fused-ring (bicyclic) bond motifs is 1. The molecule has 5 heteroatoms. The summed E-state index contributed by atoms with van der Waals surface area (Å²) in [7, 11) is 0. The molecule has 2 aromatic rings. The lowest BCUT2D eigenvalue weighted by Crippen LogP contribution is -2.55. The van der Waals surface area contributed by atoms with E-state index in [9.17, 15) is 9.59 Å². The molecule has 2 aromatic carbocycles. The fourth-order valence-corrected chi connectivity index (χ4v) is 5.02. The lowest BCUT2D eigenvalue weighted by molar-refractivity contribution is -0.127. The fraction of sp³-hybridized carbons (Fsp3) is 0.538. The summed E-state index contributed by atoms with van der Waals surface area (Å²) < 4.78 is 0. The highest BCUT2D eigenvalue weighted by molar-refractivity contribution is 6.07. The maximum absolute atomic E-state index is 13.3. The molecule has 2 aliphatic heterocycles. The summed E-state index contributed by atoms with van der Waals surface area (Å²) in [5.74, 6) is -0.0201. The Hall–Kier alpha value is -2.40. The van der Waals surface area contributed by atoms with Gasteiger partial charge in [0.15, 0.2) is 0 Å². The molecular weight excluding hydrogens is 386 g/mol. The number of hydrogen-bond donors (Lipinski definition) is 1. The maximum Gasteiger partial charge on any atom is 0.254 e. The van der Waals surface area contributed by atoms with Crippen molar-refractivity contribution in [1.82, 2.24) is 15.1 Å². The van der Waals surface area contributed by atoms with Crippen LogP contribution in [0.25, 0.3) is 10.8 Å². The van der Waals surface area contributed by atoms with E-state index in [0.717, 1.165) is 42.3 Å². The van der Waals surface area contributed by atoms with Crippen LogP contribution in [-0.4, -0.2) is 59.9 Å². The normalized spacial score (nSPS) is 20.6. The van der Waals surface area contributed by atoms with E-state index in [1.165, 1.54) is 19.3 Å². The quantitative estimate of drug-likeness (QED) is 0.792. The molecule has 0 radical (unpaired) electrons. The number of nitrogens with zero attached hydrogens (tertiary/aromatic N) is 2. The van der Waals surface area contributed by atoms with Crippen molar-refractivity contribution in [2.24, 2.45) is 5.92 Å². The molecule has 1 N–H and O–H groups in total. The lowest BCUT2D eigenvalue weighted by Gasteiger charge is -2.41. The van der Waals surface area contributed by atoms with Crippen molar-refractivity contribution in [3.8, 4) is 0 Å². The summed E-state index contributed by atoms with van der Waals surface area (Å²) in [6, 6.07) is 13.9. The second-order valence-electron chi connectivity index (χ2n) is 9.69. The first-order valence-corrected chi connectivity index (χ1v) is 11.8. The molecular formula is C26H35N3O2. The molecule has 2 saturated heterocycles. The molecule has 2 aliphatic rings. The van der Waals surface area contributed by atoms with Crippen LogP contribution >= 0.6 is 0 Å². The van der Waals surface area contributed by atoms with Gasteiger partial charge in [0.1, 0.15) is 0 Å². The van der Waals surface area contributed by atoms with E-state index in [1.54, 1.807) is 0 Å². The number of nitrogens with one attached hydrogen (secondary N) is 1. The van der Waals surface area contributed by atoms with E-state index in [1.807, 2.05) is 47.4 Å². The van der Waals surface area contributed by atoms with Gasteiger partial charge in [-0.25, -0.2) is 0 Å². The number of rotatable bonds is 5. The number of piperidine rings is 2. The second-order valence-corrected chi connectivity index (χ2v) is 9.69. The molecule has 1 unspecified atom stereocenters. The van der Waals surface area contributed by atoms with Crippen LogP contribution in [0.15, 0.2) is 42.5 Å².